The van der Waals surface area contributed by atoms with Crippen LogP contribution < -0.4 is 5.73 Å². The van der Waals surface area contributed by atoms with Gasteiger partial charge in [0.2, 0.25) is 15.9 Å². The highest BCUT2D eigenvalue weighted by molar-refractivity contribution is 7.89. The van der Waals surface area contributed by atoms with E-state index in [1.165, 1.54) is 11.8 Å². The molecule has 0 aliphatic carbocycles. The van der Waals surface area contributed by atoms with Gasteiger partial charge in [-0.1, -0.05) is 11.6 Å². The van der Waals surface area contributed by atoms with Crippen LogP contribution >= 0.6 is 11.6 Å². The van der Waals surface area contributed by atoms with Gasteiger partial charge in [0.25, 0.3) is 0 Å². The molecule has 21 heavy (non-hydrogen) atoms. The third-order valence-corrected chi connectivity index (χ3v) is 5.45. The predicted octanol–water partition coefficient (Wildman–Crippen LogP) is 0.914. The van der Waals surface area contributed by atoms with E-state index in [-0.39, 0.29) is 42.8 Å². The first-order chi connectivity index (χ1) is 9.73. The molecule has 1 aliphatic heterocycles. The minimum atomic E-state index is -4.03. The van der Waals surface area contributed by atoms with E-state index in [9.17, 15) is 17.6 Å². The molecule has 1 saturated heterocycles. The summed E-state index contributed by atoms with van der Waals surface area (Å²) in [6.45, 7) is 2.17. The Morgan fingerprint density at radius 3 is 2.38 bits per heavy atom. The molecule has 0 radical (unpaired) electrons. The second-order valence-corrected chi connectivity index (χ2v) is 7.06. The Hall–Kier alpha value is -1.38. The zero-order valence-electron chi connectivity index (χ0n) is 11.3. The van der Waals surface area contributed by atoms with Gasteiger partial charge in [0.1, 0.15) is 4.90 Å². The number of piperazine rings is 1. The number of nitrogens with two attached hydrogens (primary N) is 1. The predicted molar refractivity (Wildman–Crippen MR) is 76.8 cm³/mol. The lowest BCUT2D eigenvalue weighted by Gasteiger charge is -2.33. The first kappa shape index (κ1) is 16.0. The van der Waals surface area contributed by atoms with Gasteiger partial charge in [-0.05, 0) is 12.1 Å². The molecule has 2 N–H and O–H groups in total. The van der Waals surface area contributed by atoms with Crippen molar-refractivity contribution in [2.24, 2.45) is 0 Å². The summed E-state index contributed by atoms with van der Waals surface area (Å²) < 4.78 is 40.0. The Morgan fingerprint density at radius 2 is 1.86 bits per heavy atom. The first-order valence-corrected chi connectivity index (χ1v) is 8.05. The summed E-state index contributed by atoms with van der Waals surface area (Å²) in [5.41, 5.74) is 5.10. The van der Waals surface area contributed by atoms with Crippen LogP contribution in [0.2, 0.25) is 5.02 Å². The number of halogens is 2. The fourth-order valence-electron chi connectivity index (χ4n) is 2.15. The van der Waals surface area contributed by atoms with Gasteiger partial charge in [-0.25, -0.2) is 12.8 Å². The number of rotatable bonds is 2. The summed E-state index contributed by atoms with van der Waals surface area (Å²) >= 11 is 5.75. The Bertz CT molecular complexity index is 673. The number of carbonyl (C=O) groups is 1. The van der Waals surface area contributed by atoms with Gasteiger partial charge in [-0.15, -0.1) is 0 Å². The molecular formula is C12H15ClFN3O3S. The van der Waals surface area contributed by atoms with Crippen LogP contribution in [0.25, 0.3) is 0 Å². The maximum absolute atomic E-state index is 14.0. The molecule has 0 bridgehead atoms. The monoisotopic (exact) mass is 335 g/mol. The SMILES string of the molecule is CC(=O)N1CCN(S(=O)(=O)c2cc(Cl)cc(N)c2F)CC1. The minimum absolute atomic E-state index is 0.0508. The Labute approximate surface area is 127 Å². The second kappa shape index (κ2) is 5.78. The maximum Gasteiger partial charge on any atom is 0.246 e. The van der Waals surface area contributed by atoms with Crippen molar-refractivity contribution in [3.05, 3.63) is 23.0 Å². The number of hydrogen-bond acceptors (Lipinski definition) is 4. The molecule has 1 aromatic rings. The van der Waals surface area contributed by atoms with Crippen molar-refractivity contribution in [3.63, 3.8) is 0 Å². The van der Waals surface area contributed by atoms with Crippen LogP contribution in [-0.2, 0) is 14.8 Å². The van der Waals surface area contributed by atoms with Crippen molar-refractivity contribution >= 4 is 33.2 Å². The molecule has 9 heteroatoms. The number of sulfonamides is 1. The molecule has 0 aromatic heterocycles. The van der Waals surface area contributed by atoms with E-state index < -0.39 is 20.7 Å². The number of carbonyl (C=O) groups excluding carboxylic acids is 1. The summed E-state index contributed by atoms with van der Waals surface area (Å²) in [6.07, 6.45) is 0. The van der Waals surface area contributed by atoms with Crippen LogP contribution in [0.4, 0.5) is 10.1 Å². The number of amides is 1. The third kappa shape index (κ3) is 3.12. The Morgan fingerprint density at radius 1 is 1.29 bits per heavy atom. The fraction of sp³-hybridized carbons (Fsp3) is 0.417. The van der Waals surface area contributed by atoms with Gasteiger partial charge in [0.05, 0.1) is 5.69 Å². The molecule has 1 aliphatic rings. The number of hydrogen-bond donors (Lipinski definition) is 1. The minimum Gasteiger partial charge on any atom is -0.396 e. The van der Waals surface area contributed by atoms with Crippen LogP contribution in [-0.4, -0.2) is 49.7 Å². The summed E-state index contributed by atoms with van der Waals surface area (Å²) in [6, 6.07) is 2.20. The number of benzene rings is 1. The van der Waals surface area contributed by atoms with Crippen LogP contribution in [0.1, 0.15) is 6.92 Å². The van der Waals surface area contributed by atoms with E-state index in [0.29, 0.717) is 0 Å². The molecule has 1 heterocycles. The van der Waals surface area contributed by atoms with Gasteiger partial charge >= 0.3 is 0 Å². The van der Waals surface area contributed by atoms with E-state index in [4.69, 9.17) is 17.3 Å². The second-order valence-electron chi connectivity index (χ2n) is 4.72. The van der Waals surface area contributed by atoms with Crippen LogP contribution in [0.3, 0.4) is 0 Å². The molecule has 1 amide bonds. The summed E-state index contributed by atoms with van der Waals surface area (Å²) in [5.74, 6) is -1.13. The van der Waals surface area contributed by atoms with Crippen molar-refractivity contribution in [2.75, 3.05) is 31.9 Å². The van der Waals surface area contributed by atoms with Crippen LogP contribution in [0.15, 0.2) is 17.0 Å². The molecule has 0 spiro atoms. The molecule has 0 atom stereocenters. The highest BCUT2D eigenvalue weighted by Gasteiger charge is 2.32. The zero-order chi connectivity index (χ0) is 15.8. The zero-order valence-corrected chi connectivity index (χ0v) is 12.9. The van der Waals surface area contributed by atoms with E-state index in [0.717, 1.165) is 16.4 Å². The first-order valence-electron chi connectivity index (χ1n) is 6.23. The summed E-state index contributed by atoms with van der Waals surface area (Å²) in [7, 11) is -4.03. The van der Waals surface area contributed by atoms with Crippen molar-refractivity contribution in [1.82, 2.24) is 9.21 Å². The lowest BCUT2D eigenvalue weighted by atomic mass is 10.3. The lowest BCUT2D eigenvalue weighted by Crippen LogP contribution is -2.50. The molecule has 2 rings (SSSR count). The van der Waals surface area contributed by atoms with Gasteiger partial charge in [-0.3, -0.25) is 4.79 Å². The van der Waals surface area contributed by atoms with Crippen molar-refractivity contribution in [2.45, 2.75) is 11.8 Å². The van der Waals surface area contributed by atoms with Crippen molar-refractivity contribution < 1.29 is 17.6 Å². The van der Waals surface area contributed by atoms with Crippen molar-refractivity contribution in [3.8, 4) is 0 Å². The topological polar surface area (TPSA) is 83.7 Å². The lowest BCUT2D eigenvalue weighted by molar-refractivity contribution is -0.129. The average Bonchev–Trinajstić information content (AvgIpc) is 2.42. The normalized spacial score (nSPS) is 17.0. The van der Waals surface area contributed by atoms with Gasteiger partial charge in [-0.2, -0.15) is 4.31 Å². The highest BCUT2D eigenvalue weighted by Crippen LogP contribution is 2.28. The Kier molecular flexibility index (Phi) is 4.40. The maximum atomic E-state index is 14.0. The largest absolute Gasteiger partial charge is 0.396 e. The molecular weight excluding hydrogens is 321 g/mol. The van der Waals surface area contributed by atoms with Gasteiger partial charge in [0, 0.05) is 38.1 Å². The third-order valence-electron chi connectivity index (χ3n) is 3.33. The van der Waals surface area contributed by atoms with Gasteiger partial charge in [0.15, 0.2) is 5.82 Å². The molecule has 1 aromatic carbocycles. The molecule has 6 nitrogen and oxygen atoms in total. The van der Waals surface area contributed by atoms with E-state index in [1.54, 1.807) is 0 Å². The van der Waals surface area contributed by atoms with Gasteiger partial charge < -0.3 is 10.6 Å². The van der Waals surface area contributed by atoms with Crippen molar-refractivity contribution in [1.29, 1.82) is 0 Å². The smallest absolute Gasteiger partial charge is 0.246 e. The molecule has 1 fully saturated rings. The highest BCUT2D eigenvalue weighted by atomic mass is 35.5. The van der Waals surface area contributed by atoms with Crippen LogP contribution in [0.5, 0.6) is 0 Å². The van der Waals surface area contributed by atoms with E-state index in [1.807, 2.05) is 0 Å². The molecule has 0 saturated carbocycles. The fourth-order valence-corrected chi connectivity index (χ4v) is 3.99. The summed E-state index contributed by atoms with van der Waals surface area (Å²) in [4.78, 5) is 12.2. The molecule has 116 valence electrons. The Balaban J connectivity index is 2.30. The standard InChI is InChI=1S/C12H15ClFN3O3S/c1-8(18)16-2-4-17(5-3-16)21(19,20)11-7-9(13)6-10(15)12(11)14/h6-7H,2-5,15H2,1H3. The van der Waals surface area contributed by atoms with E-state index in [2.05, 4.69) is 0 Å². The average molecular weight is 336 g/mol. The molecule has 0 unspecified atom stereocenters. The summed E-state index contributed by atoms with van der Waals surface area (Å²) in [5, 5.41) is 0.0508. The quantitative estimate of drug-likeness (QED) is 0.814. The number of anilines is 1. The van der Waals surface area contributed by atoms with E-state index >= 15 is 0 Å². The number of nitrogen functional groups attached to an aromatic ring is 1. The van der Waals surface area contributed by atoms with Crippen LogP contribution in [0, 0.1) is 5.82 Å². The number of nitrogens with zero attached hydrogens (tertiary/aromatic N) is 2.